The second-order valence-electron chi connectivity index (χ2n) is 8.80. The largest absolute Gasteiger partial charge is 0.468 e. The number of carbonyl (C=O) groups is 1. The lowest BCUT2D eigenvalue weighted by atomic mass is 9.79. The Morgan fingerprint density at radius 3 is 2.82 bits per heavy atom. The van der Waals surface area contributed by atoms with Gasteiger partial charge in [-0.05, 0) is 42.2 Å². The van der Waals surface area contributed by atoms with Gasteiger partial charge in [0.1, 0.15) is 11.9 Å². The quantitative estimate of drug-likeness (QED) is 0.492. The maximum atomic E-state index is 14.5. The number of aliphatic hydroxyl groups is 1. The first-order valence-electron chi connectivity index (χ1n) is 11.3. The molecule has 0 saturated carbocycles. The number of carbonyl (C=O) groups excluding carboxylic acids is 1. The molecular formula is C25H27ClFN3O3. The van der Waals surface area contributed by atoms with Crippen molar-refractivity contribution in [2.24, 2.45) is 0 Å². The molecule has 0 aliphatic carbocycles. The van der Waals surface area contributed by atoms with E-state index in [0.717, 1.165) is 34.1 Å². The summed E-state index contributed by atoms with van der Waals surface area (Å²) in [5, 5.41) is 14.0. The van der Waals surface area contributed by atoms with Crippen LogP contribution in [0.1, 0.15) is 41.7 Å². The van der Waals surface area contributed by atoms with Crippen molar-refractivity contribution in [3.05, 3.63) is 70.1 Å². The number of hydrogen-bond acceptors (Lipinski definition) is 5. The third-order valence-electron chi connectivity index (χ3n) is 7.02. The van der Waals surface area contributed by atoms with E-state index < -0.39 is 11.9 Å². The van der Waals surface area contributed by atoms with Crippen LogP contribution in [0.15, 0.2) is 42.5 Å². The van der Waals surface area contributed by atoms with Crippen LogP contribution in [0.3, 0.4) is 0 Å². The van der Waals surface area contributed by atoms with Gasteiger partial charge in [0.25, 0.3) is 0 Å². The molecule has 8 heteroatoms. The van der Waals surface area contributed by atoms with Crippen molar-refractivity contribution in [1.29, 1.82) is 0 Å². The molecule has 33 heavy (non-hydrogen) atoms. The molecule has 2 aliphatic rings. The minimum atomic E-state index is -0.491. The zero-order chi connectivity index (χ0) is 23.1. The summed E-state index contributed by atoms with van der Waals surface area (Å²) in [6.45, 7) is 0.507. The maximum Gasteiger partial charge on any atom is 0.323 e. The third-order valence-corrected chi connectivity index (χ3v) is 7.33. The van der Waals surface area contributed by atoms with Crippen LogP contribution in [0.25, 0.3) is 10.9 Å². The average molecular weight is 472 g/mol. The second-order valence-corrected chi connectivity index (χ2v) is 9.21. The molecule has 0 amide bonds. The first-order valence-corrected chi connectivity index (χ1v) is 11.6. The van der Waals surface area contributed by atoms with Crippen LogP contribution in [0.2, 0.25) is 5.02 Å². The summed E-state index contributed by atoms with van der Waals surface area (Å²) in [4.78, 5) is 18.8. The van der Waals surface area contributed by atoms with Gasteiger partial charge in [0.2, 0.25) is 0 Å². The highest BCUT2D eigenvalue weighted by molar-refractivity contribution is 6.30. The number of aromatic nitrogens is 1. The highest BCUT2D eigenvalue weighted by atomic mass is 35.5. The van der Waals surface area contributed by atoms with Crippen molar-refractivity contribution in [1.82, 2.24) is 15.2 Å². The van der Waals surface area contributed by atoms with Gasteiger partial charge in [-0.2, -0.15) is 0 Å². The lowest BCUT2D eigenvalue weighted by molar-refractivity contribution is -0.152. The smallest absolute Gasteiger partial charge is 0.323 e. The van der Waals surface area contributed by atoms with Crippen molar-refractivity contribution in [2.45, 2.75) is 43.4 Å². The molecule has 0 radical (unpaired) electrons. The summed E-state index contributed by atoms with van der Waals surface area (Å²) in [5.74, 6) is -0.772. The molecule has 3 heterocycles. The number of nitrogens with zero attached hydrogens (tertiary/aromatic N) is 1. The Morgan fingerprint density at radius 2 is 2.06 bits per heavy atom. The molecule has 0 spiro atoms. The number of aliphatic hydroxyl groups excluding tert-OH is 1. The fourth-order valence-electron chi connectivity index (χ4n) is 5.63. The van der Waals surface area contributed by atoms with Crippen molar-refractivity contribution >= 4 is 28.5 Å². The molecule has 0 bridgehead atoms. The molecule has 1 aromatic heterocycles. The predicted molar refractivity (Wildman–Crippen MR) is 125 cm³/mol. The molecule has 2 aliphatic heterocycles. The molecule has 5 rings (SSSR count). The Kier molecular flexibility index (Phi) is 6.14. The standard InChI is InChI=1S/C25H27ClFN3O3/c1-33-25(32)23-13-17-16-4-2-3-5-20(16)29-24(17)22-12-15(28-8-9-31)11-21(30(22)23)14-6-7-18(26)19(27)10-14/h2-7,10,15,21-23,28-29,31H,8-9,11-13H2,1H3. The summed E-state index contributed by atoms with van der Waals surface area (Å²) in [7, 11) is 1.41. The molecule has 1 fully saturated rings. The van der Waals surface area contributed by atoms with Gasteiger partial charge in [-0.3, -0.25) is 9.69 Å². The fourth-order valence-corrected chi connectivity index (χ4v) is 5.74. The first-order chi connectivity index (χ1) is 16.0. The number of H-pyrrole nitrogens is 1. The average Bonchev–Trinajstić information content (AvgIpc) is 3.22. The summed E-state index contributed by atoms with van der Waals surface area (Å²) in [6, 6.07) is 12.2. The number of methoxy groups -OCH3 is 1. The number of halogens is 2. The number of fused-ring (bicyclic) bond motifs is 5. The Bertz CT molecular complexity index is 1180. The van der Waals surface area contributed by atoms with Gasteiger partial charge in [0.05, 0.1) is 24.8 Å². The molecule has 6 nitrogen and oxygen atoms in total. The normalized spacial score (nSPS) is 25.0. The number of hydrogen-bond donors (Lipinski definition) is 3. The Balaban J connectivity index is 1.65. The van der Waals surface area contributed by atoms with Crippen molar-refractivity contribution in [3.63, 3.8) is 0 Å². The summed E-state index contributed by atoms with van der Waals surface area (Å²) in [6.07, 6.45) is 1.93. The Morgan fingerprint density at radius 1 is 1.27 bits per heavy atom. The zero-order valence-corrected chi connectivity index (χ0v) is 19.1. The third kappa shape index (κ3) is 3.93. The van der Waals surface area contributed by atoms with E-state index in [2.05, 4.69) is 21.3 Å². The first kappa shape index (κ1) is 22.3. The van der Waals surface area contributed by atoms with Crippen LogP contribution >= 0.6 is 11.6 Å². The van der Waals surface area contributed by atoms with Crippen LogP contribution in [0.5, 0.6) is 0 Å². The van der Waals surface area contributed by atoms with Crippen LogP contribution in [-0.4, -0.2) is 53.3 Å². The number of nitrogens with one attached hydrogen (secondary N) is 2. The molecule has 174 valence electrons. The second kappa shape index (κ2) is 9.06. The van der Waals surface area contributed by atoms with Gasteiger partial charge in [-0.25, -0.2) is 4.39 Å². The molecule has 3 N–H and O–H groups in total. The van der Waals surface area contributed by atoms with E-state index in [4.69, 9.17) is 16.3 Å². The van der Waals surface area contributed by atoms with E-state index >= 15 is 0 Å². The number of benzene rings is 2. The van der Waals surface area contributed by atoms with E-state index in [9.17, 15) is 14.3 Å². The number of piperidine rings is 1. The zero-order valence-electron chi connectivity index (χ0n) is 18.4. The van der Waals surface area contributed by atoms with E-state index in [0.29, 0.717) is 19.4 Å². The van der Waals surface area contributed by atoms with Gasteiger partial charge in [0, 0.05) is 41.6 Å². The fraction of sp³-hybridized carbons (Fsp3) is 0.400. The number of rotatable bonds is 5. The van der Waals surface area contributed by atoms with Gasteiger partial charge in [0.15, 0.2) is 0 Å². The summed E-state index contributed by atoms with van der Waals surface area (Å²) < 4.78 is 19.7. The molecule has 3 aromatic rings. The van der Waals surface area contributed by atoms with Crippen LogP contribution < -0.4 is 5.32 Å². The van der Waals surface area contributed by atoms with Crippen molar-refractivity contribution in [2.75, 3.05) is 20.3 Å². The Labute approximate surface area is 196 Å². The van der Waals surface area contributed by atoms with Crippen LogP contribution in [-0.2, 0) is 16.0 Å². The molecule has 2 aromatic carbocycles. The van der Waals surface area contributed by atoms with Crippen molar-refractivity contribution < 1.29 is 19.0 Å². The monoisotopic (exact) mass is 471 g/mol. The van der Waals surface area contributed by atoms with E-state index in [1.165, 1.54) is 13.2 Å². The maximum absolute atomic E-state index is 14.5. The predicted octanol–water partition coefficient (Wildman–Crippen LogP) is 3.89. The van der Waals surface area contributed by atoms with Gasteiger partial charge >= 0.3 is 5.97 Å². The molecule has 4 atom stereocenters. The molecular weight excluding hydrogens is 445 g/mol. The van der Waals surface area contributed by atoms with E-state index in [1.807, 2.05) is 24.3 Å². The SMILES string of the molecule is COC(=O)C1Cc2c([nH]c3ccccc23)C2CC(NCCO)CC(c3ccc(Cl)c(F)c3)N12. The minimum absolute atomic E-state index is 0.0353. The number of para-hydroxylation sites is 1. The lowest BCUT2D eigenvalue weighted by Gasteiger charge is -2.50. The highest BCUT2D eigenvalue weighted by Gasteiger charge is 2.48. The molecule has 4 unspecified atom stereocenters. The van der Waals surface area contributed by atoms with E-state index in [1.54, 1.807) is 6.07 Å². The minimum Gasteiger partial charge on any atom is -0.468 e. The summed E-state index contributed by atoms with van der Waals surface area (Å²) >= 11 is 5.96. The van der Waals surface area contributed by atoms with Crippen molar-refractivity contribution in [3.8, 4) is 0 Å². The number of aromatic amines is 1. The highest BCUT2D eigenvalue weighted by Crippen LogP contribution is 2.49. The molecule has 1 saturated heterocycles. The summed E-state index contributed by atoms with van der Waals surface area (Å²) in [5.41, 5.74) is 4.02. The van der Waals surface area contributed by atoms with Crippen LogP contribution in [0, 0.1) is 5.82 Å². The van der Waals surface area contributed by atoms with Gasteiger partial charge in [-0.1, -0.05) is 35.9 Å². The number of esters is 1. The number of ether oxygens (including phenoxy) is 1. The van der Waals surface area contributed by atoms with Gasteiger partial charge < -0.3 is 20.1 Å². The van der Waals surface area contributed by atoms with Crippen LogP contribution in [0.4, 0.5) is 4.39 Å². The van der Waals surface area contributed by atoms with E-state index in [-0.39, 0.29) is 35.7 Å². The topological polar surface area (TPSA) is 77.6 Å². The van der Waals surface area contributed by atoms with Gasteiger partial charge in [-0.15, -0.1) is 0 Å². The lowest BCUT2D eigenvalue weighted by Crippen LogP contribution is -2.55. The Hall–Kier alpha value is -2.45.